The molecule has 3 nitrogen and oxygen atoms in total. The van der Waals surface area contributed by atoms with Gasteiger partial charge < -0.3 is 10.4 Å². The number of aliphatic hydroxyl groups excluding tert-OH is 1. The molecule has 1 amide bonds. The number of hydrogen-bond donors (Lipinski definition) is 2. The molecule has 0 radical (unpaired) electrons. The smallest absolute Gasteiger partial charge is 0.396 e. The number of amides is 1. The van der Waals surface area contributed by atoms with Crippen LogP contribution in [-0.4, -0.2) is 23.7 Å². The number of hydrogen-bond acceptors (Lipinski definition) is 2. The maximum absolute atomic E-state index is 12.5. The zero-order valence-electron chi connectivity index (χ0n) is 13.7. The number of aliphatic hydroxyl groups is 1. The lowest BCUT2D eigenvalue weighted by Gasteiger charge is -2.22. The summed E-state index contributed by atoms with van der Waals surface area (Å²) in [6, 6.07) is 4.79. The molecule has 0 bridgehead atoms. The predicted octanol–water partition coefficient (Wildman–Crippen LogP) is 3.72. The molecule has 0 saturated carbocycles. The van der Waals surface area contributed by atoms with Gasteiger partial charge in [0, 0.05) is 19.1 Å². The SMILES string of the molecule is CC(CC(=O)NC(CCO)C(C)C)c1ccc(C(F)(F)F)cc1. The first kappa shape index (κ1) is 19.5. The molecule has 0 spiro atoms. The van der Waals surface area contributed by atoms with Crippen molar-refractivity contribution in [1.29, 1.82) is 0 Å². The Balaban J connectivity index is 2.64. The van der Waals surface area contributed by atoms with E-state index in [0.29, 0.717) is 12.0 Å². The van der Waals surface area contributed by atoms with Gasteiger partial charge in [-0.25, -0.2) is 0 Å². The zero-order valence-corrected chi connectivity index (χ0v) is 13.7. The minimum atomic E-state index is -4.35. The van der Waals surface area contributed by atoms with Crippen LogP contribution in [0.5, 0.6) is 0 Å². The normalized spacial score (nSPS) is 14.6. The van der Waals surface area contributed by atoms with Crippen molar-refractivity contribution in [2.45, 2.75) is 51.7 Å². The van der Waals surface area contributed by atoms with Crippen molar-refractivity contribution in [2.75, 3.05) is 6.61 Å². The Morgan fingerprint density at radius 3 is 2.17 bits per heavy atom. The molecular formula is C17H24F3NO2. The third-order valence-electron chi connectivity index (χ3n) is 3.89. The van der Waals surface area contributed by atoms with Crippen molar-refractivity contribution in [3.05, 3.63) is 35.4 Å². The highest BCUT2D eigenvalue weighted by atomic mass is 19.4. The van der Waals surface area contributed by atoms with E-state index in [1.165, 1.54) is 12.1 Å². The van der Waals surface area contributed by atoms with E-state index in [1.54, 1.807) is 6.92 Å². The van der Waals surface area contributed by atoms with Crippen LogP contribution in [0, 0.1) is 5.92 Å². The summed E-state index contributed by atoms with van der Waals surface area (Å²) in [6.45, 7) is 5.72. The molecule has 0 fully saturated rings. The number of nitrogens with one attached hydrogen (secondary N) is 1. The van der Waals surface area contributed by atoms with Crippen LogP contribution in [0.4, 0.5) is 13.2 Å². The Bertz CT molecular complexity index is 498. The van der Waals surface area contributed by atoms with E-state index in [-0.39, 0.29) is 36.8 Å². The number of rotatable bonds is 7. The summed E-state index contributed by atoms with van der Waals surface area (Å²) in [6.07, 6.45) is -3.67. The third-order valence-corrected chi connectivity index (χ3v) is 3.89. The van der Waals surface area contributed by atoms with Crippen LogP contribution in [0.1, 0.15) is 50.7 Å². The summed E-state index contributed by atoms with van der Waals surface area (Å²) in [5, 5.41) is 11.9. The Morgan fingerprint density at radius 1 is 1.17 bits per heavy atom. The highest BCUT2D eigenvalue weighted by Crippen LogP contribution is 2.30. The minimum Gasteiger partial charge on any atom is -0.396 e. The van der Waals surface area contributed by atoms with Gasteiger partial charge in [-0.2, -0.15) is 13.2 Å². The number of halogens is 3. The van der Waals surface area contributed by atoms with E-state index >= 15 is 0 Å². The summed E-state index contributed by atoms with van der Waals surface area (Å²) in [5.74, 6) is -0.142. The number of carbonyl (C=O) groups is 1. The minimum absolute atomic E-state index is 0.00240. The van der Waals surface area contributed by atoms with Gasteiger partial charge in [0.05, 0.1) is 5.56 Å². The van der Waals surface area contributed by atoms with E-state index in [1.807, 2.05) is 13.8 Å². The molecule has 0 aliphatic carbocycles. The molecule has 2 unspecified atom stereocenters. The van der Waals surface area contributed by atoms with E-state index in [2.05, 4.69) is 5.32 Å². The van der Waals surface area contributed by atoms with E-state index in [0.717, 1.165) is 12.1 Å². The van der Waals surface area contributed by atoms with Crippen molar-refractivity contribution in [3.8, 4) is 0 Å². The van der Waals surface area contributed by atoms with Gasteiger partial charge in [0.1, 0.15) is 0 Å². The fourth-order valence-electron chi connectivity index (χ4n) is 2.37. The molecule has 0 aromatic heterocycles. The zero-order chi connectivity index (χ0) is 17.6. The van der Waals surface area contributed by atoms with Crippen molar-refractivity contribution < 1.29 is 23.1 Å². The van der Waals surface area contributed by atoms with E-state index in [4.69, 9.17) is 5.11 Å². The van der Waals surface area contributed by atoms with E-state index in [9.17, 15) is 18.0 Å². The van der Waals surface area contributed by atoms with Crippen LogP contribution in [0.25, 0.3) is 0 Å². The molecule has 2 N–H and O–H groups in total. The lowest BCUT2D eigenvalue weighted by atomic mass is 9.95. The Labute approximate surface area is 134 Å². The fourth-order valence-corrected chi connectivity index (χ4v) is 2.37. The van der Waals surface area contributed by atoms with Gasteiger partial charge >= 0.3 is 6.18 Å². The number of alkyl halides is 3. The predicted molar refractivity (Wildman–Crippen MR) is 82.9 cm³/mol. The average molecular weight is 331 g/mol. The Hall–Kier alpha value is -1.56. The van der Waals surface area contributed by atoms with Gasteiger partial charge in [-0.15, -0.1) is 0 Å². The third kappa shape index (κ3) is 6.22. The van der Waals surface area contributed by atoms with E-state index < -0.39 is 11.7 Å². The van der Waals surface area contributed by atoms with Gasteiger partial charge in [-0.1, -0.05) is 32.9 Å². The van der Waals surface area contributed by atoms with Gasteiger partial charge in [-0.3, -0.25) is 4.79 Å². The molecule has 2 atom stereocenters. The first-order chi connectivity index (χ1) is 10.6. The standard InChI is InChI=1S/C17H24F3NO2/c1-11(2)15(8-9-22)21-16(23)10-12(3)13-4-6-14(7-5-13)17(18,19)20/h4-7,11-12,15,22H,8-10H2,1-3H3,(H,21,23). The molecule has 0 saturated heterocycles. The van der Waals surface area contributed by atoms with Crippen LogP contribution < -0.4 is 5.32 Å². The van der Waals surface area contributed by atoms with Crippen molar-refractivity contribution >= 4 is 5.91 Å². The second-order valence-corrected chi connectivity index (χ2v) is 6.16. The molecule has 23 heavy (non-hydrogen) atoms. The second kappa shape index (κ2) is 8.34. The highest BCUT2D eigenvalue weighted by Gasteiger charge is 2.30. The lowest BCUT2D eigenvalue weighted by molar-refractivity contribution is -0.137. The summed E-state index contributed by atoms with van der Waals surface area (Å²) in [4.78, 5) is 12.1. The monoisotopic (exact) mass is 331 g/mol. The van der Waals surface area contributed by atoms with Crippen LogP contribution in [0.3, 0.4) is 0 Å². The van der Waals surface area contributed by atoms with Crippen molar-refractivity contribution in [2.24, 2.45) is 5.92 Å². The first-order valence-electron chi connectivity index (χ1n) is 7.72. The summed E-state index contributed by atoms with van der Waals surface area (Å²) < 4.78 is 37.6. The largest absolute Gasteiger partial charge is 0.416 e. The van der Waals surface area contributed by atoms with Crippen molar-refractivity contribution in [1.82, 2.24) is 5.32 Å². The summed E-state index contributed by atoms with van der Waals surface area (Å²) >= 11 is 0. The van der Waals surface area contributed by atoms with Gasteiger partial charge in [0.15, 0.2) is 0 Å². The molecule has 6 heteroatoms. The lowest BCUT2D eigenvalue weighted by Crippen LogP contribution is -2.39. The molecule has 1 rings (SSSR count). The maximum atomic E-state index is 12.5. The first-order valence-corrected chi connectivity index (χ1v) is 7.72. The quantitative estimate of drug-likeness (QED) is 0.800. The van der Waals surface area contributed by atoms with Gasteiger partial charge in [0.25, 0.3) is 0 Å². The molecule has 0 heterocycles. The van der Waals surface area contributed by atoms with Crippen LogP contribution in [0.2, 0.25) is 0 Å². The molecular weight excluding hydrogens is 307 g/mol. The Kier molecular flexibility index (Phi) is 7.06. The number of benzene rings is 1. The van der Waals surface area contributed by atoms with Gasteiger partial charge in [-0.05, 0) is 36.0 Å². The Morgan fingerprint density at radius 2 is 1.74 bits per heavy atom. The summed E-state index contributed by atoms with van der Waals surface area (Å²) in [7, 11) is 0. The molecule has 130 valence electrons. The molecule has 1 aromatic rings. The van der Waals surface area contributed by atoms with Crippen molar-refractivity contribution in [3.63, 3.8) is 0 Å². The molecule has 1 aromatic carbocycles. The van der Waals surface area contributed by atoms with Crippen LogP contribution in [-0.2, 0) is 11.0 Å². The molecule has 0 aliphatic heterocycles. The second-order valence-electron chi connectivity index (χ2n) is 6.16. The average Bonchev–Trinajstić information content (AvgIpc) is 2.45. The van der Waals surface area contributed by atoms with Gasteiger partial charge in [0.2, 0.25) is 5.91 Å². The fraction of sp³-hybridized carbons (Fsp3) is 0.588. The number of carbonyl (C=O) groups excluding carboxylic acids is 1. The summed E-state index contributed by atoms with van der Waals surface area (Å²) in [5.41, 5.74) is -0.00266. The van der Waals surface area contributed by atoms with Crippen LogP contribution >= 0.6 is 0 Å². The highest BCUT2D eigenvalue weighted by molar-refractivity contribution is 5.77. The molecule has 0 aliphatic rings. The topological polar surface area (TPSA) is 49.3 Å². The van der Waals surface area contributed by atoms with Crippen LogP contribution in [0.15, 0.2) is 24.3 Å². The maximum Gasteiger partial charge on any atom is 0.416 e.